The first-order valence-corrected chi connectivity index (χ1v) is 8.05. The van der Waals surface area contributed by atoms with Gasteiger partial charge in [-0.2, -0.15) is 0 Å². The Labute approximate surface area is 127 Å². The highest BCUT2D eigenvalue weighted by Gasteiger charge is 2.32. The van der Waals surface area contributed by atoms with Gasteiger partial charge in [-0.05, 0) is 19.3 Å². The number of carbonyl (C=O) groups excluding carboxylic acids is 2. The summed E-state index contributed by atoms with van der Waals surface area (Å²) in [7, 11) is 1.38. The predicted octanol–water partition coefficient (Wildman–Crippen LogP) is 0.727. The van der Waals surface area contributed by atoms with Crippen LogP contribution in [0.4, 0.5) is 0 Å². The molecule has 0 spiro atoms. The molecule has 0 aromatic carbocycles. The largest absolute Gasteiger partial charge is 0.469 e. The number of ether oxygens (including phenoxy) is 1. The van der Waals surface area contributed by atoms with Crippen LogP contribution in [0.2, 0.25) is 0 Å². The lowest BCUT2D eigenvalue weighted by atomic mass is 10.1. The number of carbonyl (C=O) groups is 2. The highest BCUT2D eigenvalue weighted by atomic mass is 32.2. The molecule has 1 aliphatic carbocycles. The number of thioether (sulfide) groups is 1. The fourth-order valence-electron chi connectivity index (χ4n) is 2.50. The SMILES string of the molecule is COC(=O)C1CCN(C(=O)CSc2nncn2C2CC2)C1. The van der Waals surface area contributed by atoms with Crippen LogP contribution in [0.25, 0.3) is 0 Å². The van der Waals surface area contributed by atoms with E-state index in [1.54, 1.807) is 11.2 Å². The van der Waals surface area contributed by atoms with Gasteiger partial charge in [0.05, 0.1) is 18.8 Å². The monoisotopic (exact) mass is 310 g/mol. The Bertz CT molecular complexity index is 543. The van der Waals surface area contributed by atoms with Gasteiger partial charge in [-0.1, -0.05) is 11.8 Å². The molecule has 1 aromatic heterocycles. The fourth-order valence-corrected chi connectivity index (χ4v) is 3.39. The van der Waals surface area contributed by atoms with Gasteiger partial charge in [0.2, 0.25) is 5.91 Å². The number of likely N-dealkylation sites (tertiary alicyclic amines) is 1. The van der Waals surface area contributed by atoms with Crippen molar-refractivity contribution < 1.29 is 14.3 Å². The zero-order chi connectivity index (χ0) is 14.8. The quantitative estimate of drug-likeness (QED) is 0.589. The summed E-state index contributed by atoms with van der Waals surface area (Å²) in [6.07, 6.45) is 4.73. The van der Waals surface area contributed by atoms with E-state index in [-0.39, 0.29) is 17.8 Å². The molecule has 0 bridgehead atoms. The summed E-state index contributed by atoms with van der Waals surface area (Å²) < 4.78 is 6.77. The van der Waals surface area contributed by atoms with E-state index in [1.165, 1.54) is 18.9 Å². The van der Waals surface area contributed by atoms with E-state index in [0.717, 1.165) is 18.0 Å². The fraction of sp³-hybridized carbons (Fsp3) is 0.692. The Morgan fingerprint density at radius 2 is 2.24 bits per heavy atom. The molecule has 1 saturated heterocycles. The first kappa shape index (κ1) is 14.4. The van der Waals surface area contributed by atoms with E-state index in [2.05, 4.69) is 10.2 Å². The van der Waals surface area contributed by atoms with E-state index in [4.69, 9.17) is 4.74 Å². The number of esters is 1. The van der Waals surface area contributed by atoms with E-state index in [1.807, 2.05) is 4.57 Å². The zero-order valence-electron chi connectivity index (χ0n) is 11.9. The number of hydrogen-bond acceptors (Lipinski definition) is 6. The van der Waals surface area contributed by atoms with Crippen molar-refractivity contribution in [2.45, 2.75) is 30.5 Å². The molecule has 114 valence electrons. The minimum Gasteiger partial charge on any atom is -0.469 e. The van der Waals surface area contributed by atoms with E-state index >= 15 is 0 Å². The Hall–Kier alpha value is -1.57. The summed E-state index contributed by atoms with van der Waals surface area (Å²) in [5.41, 5.74) is 0. The number of amides is 1. The first-order chi connectivity index (χ1) is 10.2. The van der Waals surface area contributed by atoms with Crippen molar-refractivity contribution in [1.82, 2.24) is 19.7 Å². The Morgan fingerprint density at radius 1 is 1.43 bits per heavy atom. The second-order valence-corrected chi connectivity index (χ2v) is 6.33. The van der Waals surface area contributed by atoms with Gasteiger partial charge < -0.3 is 14.2 Å². The second-order valence-electron chi connectivity index (χ2n) is 5.39. The van der Waals surface area contributed by atoms with Crippen molar-refractivity contribution in [3.63, 3.8) is 0 Å². The molecule has 1 atom stereocenters. The highest BCUT2D eigenvalue weighted by Crippen LogP contribution is 2.37. The van der Waals surface area contributed by atoms with Crippen LogP contribution in [0.5, 0.6) is 0 Å². The highest BCUT2D eigenvalue weighted by molar-refractivity contribution is 7.99. The zero-order valence-corrected chi connectivity index (χ0v) is 12.7. The number of aromatic nitrogens is 3. The molecule has 1 saturated carbocycles. The molecule has 21 heavy (non-hydrogen) atoms. The first-order valence-electron chi connectivity index (χ1n) is 7.07. The van der Waals surface area contributed by atoms with Crippen molar-refractivity contribution in [3.05, 3.63) is 6.33 Å². The van der Waals surface area contributed by atoms with Gasteiger partial charge in [0.1, 0.15) is 6.33 Å². The summed E-state index contributed by atoms with van der Waals surface area (Å²) in [6.45, 7) is 1.08. The van der Waals surface area contributed by atoms with Crippen LogP contribution >= 0.6 is 11.8 Å². The standard InChI is InChI=1S/C13H18N4O3S/c1-20-12(19)9-4-5-16(6-9)11(18)7-21-13-15-14-8-17(13)10-2-3-10/h8-10H,2-7H2,1H3. The third-order valence-corrected chi connectivity index (χ3v) is 4.82. The van der Waals surface area contributed by atoms with Crippen molar-refractivity contribution in [2.75, 3.05) is 26.0 Å². The Kier molecular flexibility index (Phi) is 4.14. The summed E-state index contributed by atoms with van der Waals surface area (Å²) in [5.74, 6) is -0.0403. The molecular formula is C13H18N4O3S. The summed E-state index contributed by atoms with van der Waals surface area (Å²) in [4.78, 5) is 25.4. The maximum absolute atomic E-state index is 12.2. The average molecular weight is 310 g/mol. The molecule has 0 radical (unpaired) electrons. The van der Waals surface area contributed by atoms with Gasteiger partial charge in [-0.25, -0.2) is 0 Å². The maximum Gasteiger partial charge on any atom is 0.310 e. The summed E-state index contributed by atoms with van der Waals surface area (Å²) in [6, 6.07) is 0.507. The molecule has 2 fully saturated rings. The third kappa shape index (κ3) is 3.20. The smallest absolute Gasteiger partial charge is 0.310 e. The van der Waals surface area contributed by atoms with Crippen LogP contribution in [0, 0.1) is 5.92 Å². The Balaban J connectivity index is 1.50. The minimum atomic E-state index is -0.230. The molecule has 1 aromatic rings. The molecule has 2 aliphatic rings. The second kappa shape index (κ2) is 6.05. The molecule has 0 N–H and O–H groups in total. The van der Waals surface area contributed by atoms with Gasteiger partial charge in [-0.3, -0.25) is 9.59 Å². The van der Waals surface area contributed by atoms with Crippen LogP contribution in [-0.4, -0.2) is 57.5 Å². The lowest BCUT2D eigenvalue weighted by Gasteiger charge is -2.15. The van der Waals surface area contributed by atoms with Crippen molar-refractivity contribution in [2.24, 2.45) is 5.92 Å². The average Bonchev–Trinajstić information content (AvgIpc) is 3.04. The number of rotatable bonds is 5. The van der Waals surface area contributed by atoms with Gasteiger partial charge >= 0.3 is 5.97 Å². The molecular weight excluding hydrogens is 292 g/mol. The minimum absolute atomic E-state index is 0.0387. The van der Waals surface area contributed by atoms with Crippen molar-refractivity contribution >= 4 is 23.6 Å². The van der Waals surface area contributed by atoms with E-state index < -0.39 is 0 Å². The maximum atomic E-state index is 12.2. The van der Waals surface area contributed by atoms with E-state index in [0.29, 0.717) is 31.3 Å². The Morgan fingerprint density at radius 3 is 2.95 bits per heavy atom. The summed E-state index contributed by atoms with van der Waals surface area (Å²) >= 11 is 1.41. The molecule has 3 rings (SSSR count). The lowest BCUT2D eigenvalue weighted by molar-refractivity contribution is -0.145. The van der Waals surface area contributed by atoms with Crippen LogP contribution in [0.3, 0.4) is 0 Å². The van der Waals surface area contributed by atoms with E-state index in [9.17, 15) is 9.59 Å². The number of hydrogen-bond donors (Lipinski definition) is 0. The van der Waals surface area contributed by atoms with Crippen LogP contribution < -0.4 is 0 Å². The van der Waals surface area contributed by atoms with Crippen molar-refractivity contribution in [1.29, 1.82) is 0 Å². The predicted molar refractivity (Wildman–Crippen MR) is 75.7 cm³/mol. The van der Waals surface area contributed by atoms with Crippen LogP contribution in [0.1, 0.15) is 25.3 Å². The van der Waals surface area contributed by atoms with Gasteiger partial charge in [-0.15, -0.1) is 10.2 Å². The van der Waals surface area contributed by atoms with Crippen LogP contribution in [0.15, 0.2) is 11.5 Å². The number of methoxy groups -OCH3 is 1. The summed E-state index contributed by atoms with van der Waals surface area (Å²) in [5, 5.41) is 8.78. The molecule has 7 nitrogen and oxygen atoms in total. The van der Waals surface area contributed by atoms with Crippen molar-refractivity contribution in [3.8, 4) is 0 Å². The molecule has 8 heteroatoms. The van der Waals surface area contributed by atoms with Gasteiger partial charge in [0.25, 0.3) is 0 Å². The lowest BCUT2D eigenvalue weighted by Crippen LogP contribution is -2.31. The molecule has 1 amide bonds. The number of nitrogens with zero attached hydrogens (tertiary/aromatic N) is 4. The van der Waals surface area contributed by atoms with Gasteiger partial charge in [0, 0.05) is 19.1 Å². The normalized spacial score (nSPS) is 21.6. The topological polar surface area (TPSA) is 77.3 Å². The van der Waals surface area contributed by atoms with Gasteiger partial charge in [0.15, 0.2) is 5.16 Å². The molecule has 1 unspecified atom stereocenters. The molecule has 2 heterocycles. The van der Waals surface area contributed by atoms with Crippen LogP contribution in [-0.2, 0) is 14.3 Å². The molecule has 1 aliphatic heterocycles. The third-order valence-electron chi connectivity index (χ3n) is 3.88.